The van der Waals surface area contributed by atoms with Crippen LogP contribution in [0.3, 0.4) is 0 Å². The van der Waals surface area contributed by atoms with Gasteiger partial charge in [0.25, 0.3) is 0 Å². The summed E-state index contributed by atoms with van der Waals surface area (Å²) in [4.78, 5) is 11.6. The van der Waals surface area contributed by atoms with Crippen LogP contribution in [0.15, 0.2) is 42.5 Å². The van der Waals surface area contributed by atoms with Gasteiger partial charge in [-0.05, 0) is 55.1 Å². The molecule has 4 heteroatoms. The number of carbonyl (C=O) groups is 1. The number of fused-ring (bicyclic) bond motifs is 3. The molecule has 2 heterocycles. The van der Waals surface area contributed by atoms with E-state index in [0.29, 0.717) is 17.5 Å². The van der Waals surface area contributed by atoms with Crippen molar-refractivity contribution in [2.75, 3.05) is 11.9 Å². The maximum absolute atomic E-state index is 11.6. The highest BCUT2D eigenvalue weighted by atomic mass is 16.4. The number of benzene rings is 2. The standard InChI is InChI=1S/C20H22N2O2/c1-12-5-4-7-15(20(23)24)16(12)11-18-19-14(9-10-21-18)13-6-2-3-8-17(13)22-19/h2-8,14,18-19,21-22H,9-11H2,1H3,(H,23,24)/t14-,18+,19-/m0/s1. The molecule has 0 radical (unpaired) electrons. The lowest BCUT2D eigenvalue weighted by Crippen LogP contribution is -2.51. The van der Waals surface area contributed by atoms with Crippen LogP contribution in [0, 0.1) is 6.92 Å². The number of para-hydroxylation sites is 1. The van der Waals surface area contributed by atoms with E-state index in [-0.39, 0.29) is 6.04 Å². The monoisotopic (exact) mass is 322 g/mol. The van der Waals surface area contributed by atoms with Crippen LogP contribution in [-0.2, 0) is 6.42 Å². The van der Waals surface area contributed by atoms with Crippen LogP contribution in [0.25, 0.3) is 0 Å². The number of anilines is 1. The Morgan fingerprint density at radius 1 is 1.21 bits per heavy atom. The van der Waals surface area contributed by atoms with Crippen LogP contribution < -0.4 is 10.6 Å². The topological polar surface area (TPSA) is 61.4 Å². The average Bonchev–Trinajstić information content (AvgIpc) is 2.96. The smallest absolute Gasteiger partial charge is 0.335 e. The van der Waals surface area contributed by atoms with Gasteiger partial charge in [0.15, 0.2) is 0 Å². The number of hydrogen-bond donors (Lipinski definition) is 3. The number of piperidine rings is 1. The minimum Gasteiger partial charge on any atom is -0.478 e. The minimum absolute atomic E-state index is 0.232. The molecule has 1 fully saturated rings. The molecule has 0 unspecified atom stereocenters. The quantitative estimate of drug-likeness (QED) is 0.812. The van der Waals surface area contributed by atoms with E-state index in [0.717, 1.165) is 30.5 Å². The van der Waals surface area contributed by atoms with Gasteiger partial charge in [0.2, 0.25) is 0 Å². The third-order valence-electron chi connectivity index (χ3n) is 5.48. The Bertz CT molecular complexity index is 787. The third-order valence-corrected chi connectivity index (χ3v) is 5.48. The summed E-state index contributed by atoms with van der Waals surface area (Å²) in [5.41, 5.74) is 5.05. The van der Waals surface area contributed by atoms with E-state index in [9.17, 15) is 9.90 Å². The van der Waals surface area contributed by atoms with E-state index >= 15 is 0 Å². The molecule has 1 saturated heterocycles. The summed E-state index contributed by atoms with van der Waals surface area (Å²) < 4.78 is 0. The molecule has 124 valence electrons. The predicted molar refractivity (Wildman–Crippen MR) is 94.8 cm³/mol. The molecule has 4 nitrogen and oxygen atoms in total. The molecule has 2 aromatic rings. The van der Waals surface area contributed by atoms with E-state index in [1.54, 1.807) is 6.07 Å². The van der Waals surface area contributed by atoms with Gasteiger partial charge in [-0.1, -0.05) is 30.3 Å². The Morgan fingerprint density at radius 3 is 2.88 bits per heavy atom. The molecular formula is C20H22N2O2. The summed E-state index contributed by atoms with van der Waals surface area (Å²) in [6.07, 6.45) is 1.85. The fourth-order valence-electron chi connectivity index (χ4n) is 4.29. The highest BCUT2D eigenvalue weighted by Gasteiger charge is 2.39. The zero-order chi connectivity index (χ0) is 16.7. The number of rotatable bonds is 3. The Morgan fingerprint density at radius 2 is 2.04 bits per heavy atom. The first kappa shape index (κ1) is 15.2. The van der Waals surface area contributed by atoms with Gasteiger partial charge < -0.3 is 15.7 Å². The fraction of sp³-hybridized carbons (Fsp3) is 0.350. The average molecular weight is 322 g/mol. The van der Waals surface area contributed by atoms with Crippen LogP contribution >= 0.6 is 0 Å². The molecule has 2 aliphatic rings. The summed E-state index contributed by atoms with van der Waals surface area (Å²) in [5.74, 6) is -0.339. The summed E-state index contributed by atoms with van der Waals surface area (Å²) in [5, 5.41) is 16.8. The largest absolute Gasteiger partial charge is 0.478 e. The van der Waals surface area contributed by atoms with Crippen molar-refractivity contribution in [2.24, 2.45) is 0 Å². The number of nitrogens with one attached hydrogen (secondary N) is 2. The van der Waals surface area contributed by atoms with E-state index in [2.05, 4.69) is 34.9 Å². The van der Waals surface area contributed by atoms with Gasteiger partial charge in [-0.3, -0.25) is 0 Å². The molecule has 0 aliphatic carbocycles. The molecule has 0 spiro atoms. The van der Waals surface area contributed by atoms with Crippen LogP contribution in [0.1, 0.15) is 39.4 Å². The van der Waals surface area contributed by atoms with Crippen molar-refractivity contribution in [1.82, 2.24) is 5.32 Å². The number of carboxylic acids is 1. The maximum atomic E-state index is 11.6. The second-order valence-electron chi connectivity index (χ2n) is 6.82. The molecule has 0 amide bonds. The first-order chi connectivity index (χ1) is 11.6. The van der Waals surface area contributed by atoms with Crippen LogP contribution in [0.2, 0.25) is 0 Å². The number of aromatic carboxylic acids is 1. The number of carboxylic acid groups (broad SMARTS) is 1. The molecule has 0 saturated carbocycles. The summed E-state index contributed by atoms with van der Waals surface area (Å²) in [7, 11) is 0. The summed E-state index contributed by atoms with van der Waals surface area (Å²) >= 11 is 0. The SMILES string of the molecule is Cc1cccc(C(=O)O)c1C[C@H]1NCC[C@H]2c3ccccc3N[C@H]12. The lowest BCUT2D eigenvalue weighted by Gasteiger charge is -2.35. The van der Waals surface area contributed by atoms with Gasteiger partial charge >= 0.3 is 5.97 Å². The molecule has 24 heavy (non-hydrogen) atoms. The van der Waals surface area contributed by atoms with Crippen LogP contribution in [0.4, 0.5) is 5.69 Å². The van der Waals surface area contributed by atoms with Crippen molar-refractivity contribution < 1.29 is 9.90 Å². The molecule has 3 atom stereocenters. The van der Waals surface area contributed by atoms with Crippen LogP contribution in [0.5, 0.6) is 0 Å². The van der Waals surface area contributed by atoms with Gasteiger partial charge in [0.05, 0.1) is 5.56 Å². The molecule has 2 aliphatic heterocycles. The normalized spacial score (nSPS) is 24.8. The zero-order valence-electron chi connectivity index (χ0n) is 13.8. The predicted octanol–water partition coefficient (Wildman–Crippen LogP) is 3.18. The molecule has 2 aromatic carbocycles. The second-order valence-corrected chi connectivity index (χ2v) is 6.82. The van der Waals surface area contributed by atoms with Gasteiger partial charge in [-0.15, -0.1) is 0 Å². The van der Waals surface area contributed by atoms with Crippen molar-refractivity contribution in [2.45, 2.75) is 37.8 Å². The van der Waals surface area contributed by atoms with E-state index in [1.165, 1.54) is 11.3 Å². The van der Waals surface area contributed by atoms with Gasteiger partial charge in [0.1, 0.15) is 0 Å². The highest BCUT2D eigenvalue weighted by molar-refractivity contribution is 5.89. The number of aryl methyl sites for hydroxylation is 1. The Hall–Kier alpha value is -2.33. The van der Waals surface area contributed by atoms with Crippen molar-refractivity contribution in [3.05, 3.63) is 64.7 Å². The Balaban J connectivity index is 1.64. The Labute approximate surface area is 141 Å². The van der Waals surface area contributed by atoms with Crippen molar-refractivity contribution in [3.8, 4) is 0 Å². The molecule has 3 N–H and O–H groups in total. The lowest BCUT2D eigenvalue weighted by molar-refractivity contribution is 0.0695. The van der Waals surface area contributed by atoms with Gasteiger partial charge in [-0.25, -0.2) is 4.79 Å². The second kappa shape index (κ2) is 5.95. The zero-order valence-corrected chi connectivity index (χ0v) is 13.8. The number of hydrogen-bond acceptors (Lipinski definition) is 3. The van der Waals surface area contributed by atoms with Crippen molar-refractivity contribution in [1.29, 1.82) is 0 Å². The van der Waals surface area contributed by atoms with Crippen molar-refractivity contribution in [3.63, 3.8) is 0 Å². The van der Waals surface area contributed by atoms with E-state index in [1.807, 2.05) is 19.1 Å². The summed E-state index contributed by atoms with van der Waals surface area (Å²) in [6, 6.07) is 14.6. The van der Waals surface area contributed by atoms with Crippen molar-refractivity contribution >= 4 is 11.7 Å². The minimum atomic E-state index is -0.844. The molecule has 4 rings (SSSR count). The molecular weight excluding hydrogens is 300 g/mol. The molecule has 0 bridgehead atoms. The lowest BCUT2D eigenvalue weighted by atomic mass is 9.81. The van der Waals surface area contributed by atoms with Gasteiger partial charge in [-0.2, -0.15) is 0 Å². The Kier molecular flexibility index (Phi) is 3.77. The molecule has 0 aromatic heterocycles. The van der Waals surface area contributed by atoms with E-state index < -0.39 is 5.97 Å². The van der Waals surface area contributed by atoms with Crippen LogP contribution in [-0.4, -0.2) is 29.7 Å². The van der Waals surface area contributed by atoms with E-state index in [4.69, 9.17) is 0 Å². The van der Waals surface area contributed by atoms with Gasteiger partial charge in [0, 0.05) is 23.7 Å². The fourth-order valence-corrected chi connectivity index (χ4v) is 4.29. The first-order valence-electron chi connectivity index (χ1n) is 8.56. The summed E-state index contributed by atoms with van der Waals surface area (Å²) in [6.45, 7) is 2.97. The highest BCUT2D eigenvalue weighted by Crippen LogP contribution is 2.41. The third kappa shape index (κ3) is 2.47. The first-order valence-corrected chi connectivity index (χ1v) is 8.56. The maximum Gasteiger partial charge on any atom is 0.335 e.